The SMILES string of the molecule is COC[C@@H]1Nc2ccccc2[C@H]2[C@H]1CCN2C(=O)[C@H]1CCCC[C@H]1NC(=O)c1ccc(CN)cc1. The number of carbonyl (C=O) groups is 2. The number of benzene rings is 2. The van der Waals surface area contributed by atoms with E-state index in [0.29, 0.717) is 24.6 Å². The number of nitrogens with two attached hydrogens (primary N) is 1. The van der Waals surface area contributed by atoms with Gasteiger partial charge in [0.05, 0.1) is 24.6 Å². The van der Waals surface area contributed by atoms with Crippen molar-refractivity contribution in [3.63, 3.8) is 0 Å². The van der Waals surface area contributed by atoms with Gasteiger partial charge in [-0.25, -0.2) is 0 Å². The van der Waals surface area contributed by atoms with Gasteiger partial charge in [-0.1, -0.05) is 43.2 Å². The first-order chi connectivity index (χ1) is 17.1. The van der Waals surface area contributed by atoms with Crippen LogP contribution in [0.15, 0.2) is 48.5 Å². The minimum atomic E-state index is -0.197. The molecule has 7 nitrogen and oxygen atoms in total. The first-order valence-corrected chi connectivity index (χ1v) is 12.9. The van der Waals surface area contributed by atoms with Crippen molar-refractivity contribution in [2.75, 3.05) is 25.6 Å². The molecular formula is C28H36N4O3. The fourth-order valence-corrected chi connectivity index (χ4v) is 6.28. The Kier molecular flexibility index (Phi) is 7.07. The Hall–Kier alpha value is -2.90. The predicted molar refractivity (Wildman–Crippen MR) is 136 cm³/mol. The van der Waals surface area contributed by atoms with Crippen LogP contribution in [0, 0.1) is 11.8 Å². The lowest BCUT2D eigenvalue weighted by atomic mass is 9.81. The summed E-state index contributed by atoms with van der Waals surface area (Å²) in [4.78, 5) is 29.2. The molecule has 2 fully saturated rings. The Bertz CT molecular complexity index is 1060. The minimum Gasteiger partial charge on any atom is -0.383 e. The lowest BCUT2D eigenvalue weighted by molar-refractivity contribution is -0.139. The van der Waals surface area contributed by atoms with Gasteiger partial charge in [0.15, 0.2) is 0 Å². The van der Waals surface area contributed by atoms with E-state index in [1.807, 2.05) is 30.3 Å². The zero-order valence-corrected chi connectivity index (χ0v) is 20.4. The quantitative estimate of drug-likeness (QED) is 0.593. The molecule has 186 valence electrons. The molecule has 0 bridgehead atoms. The van der Waals surface area contributed by atoms with E-state index in [-0.39, 0.29) is 35.9 Å². The third-order valence-corrected chi connectivity index (χ3v) is 8.06. The summed E-state index contributed by atoms with van der Waals surface area (Å²) in [6.45, 7) is 1.80. The number of hydrogen-bond donors (Lipinski definition) is 3. The van der Waals surface area contributed by atoms with E-state index in [0.717, 1.165) is 49.9 Å². The van der Waals surface area contributed by atoms with Gasteiger partial charge in [-0.05, 0) is 48.6 Å². The van der Waals surface area contributed by atoms with E-state index in [2.05, 4.69) is 33.7 Å². The summed E-state index contributed by atoms with van der Waals surface area (Å²) in [5.74, 6) is 0.169. The normalized spacial score (nSPS) is 27.5. The Morgan fingerprint density at radius 1 is 1.09 bits per heavy atom. The van der Waals surface area contributed by atoms with E-state index in [9.17, 15) is 9.59 Å². The number of rotatable bonds is 6. The van der Waals surface area contributed by atoms with Gasteiger partial charge in [-0.3, -0.25) is 9.59 Å². The number of anilines is 1. The molecule has 0 unspecified atom stereocenters. The van der Waals surface area contributed by atoms with Gasteiger partial charge >= 0.3 is 0 Å². The molecule has 5 rings (SSSR count). The maximum atomic E-state index is 14.1. The fraction of sp³-hybridized carbons (Fsp3) is 0.500. The van der Waals surface area contributed by atoms with Gasteiger partial charge in [-0.2, -0.15) is 0 Å². The van der Waals surface area contributed by atoms with Crippen LogP contribution < -0.4 is 16.4 Å². The molecule has 2 aromatic carbocycles. The number of hydrogen-bond acceptors (Lipinski definition) is 5. The molecule has 5 atom stereocenters. The molecule has 0 spiro atoms. The zero-order valence-electron chi connectivity index (χ0n) is 20.4. The second-order valence-electron chi connectivity index (χ2n) is 10.1. The molecular weight excluding hydrogens is 440 g/mol. The first kappa shape index (κ1) is 23.8. The Morgan fingerprint density at radius 2 is 1.86 bits per heavy atom. The molecule has 1 saturated carbocycles. The van der Waals surface area contributed by atoms with Crippen LogP contribution in [0.5, 0.6) is 0 Å². The molecule has 3 aliphatic rings. The molecule has 2 aromatic rings. The van der Waals surface area contributed by atoms with Crippen LogP contribution in [-0.2, 0) is 16.1 Å². The number of fused-ring (bicyclic) bond motifs is 3. The van der Waals surface area contributed by atoms with Crippen molar-refractivity contribution in [2.45, 2.75) is 56.8 Å². The van der Waals surface area contributed by atoms with Crippen molar-refractivity contribution in [3.05, 3.63) is 65.2 Å². The number of carbonyl (C=O) groups excluding carboxylic acids is 2. The van der Waals surface area contributed by atoms with Crippen LogP contribution in [0.25, 0.3) is 0 Å². The highest BCUT2D eigenvalue weighted by molar-refractivity contribution is 5.95. The van der Waals surface area contributed by atoms with E-state index in [1.54, 1.807) is 7.11 Å². The zero-order chi connectivity index (χ0) is 24.4. The predicted octanol–water partition coefficient (Wildman–Crippen LogP) is 3.46. The Balaban J connectivity index is 1.36. The number of nitrogens with zero attached hydrogens (tertiary/aromatic N) is 1. The van der Waals surface area contributed by atoms with E-state index < -0.39 is 0 Å². The van der Waals surface area contributed by atoms with E-state index in [4.69, 9.17) is 10.5 Å². The summed E-state index contributed by atoms with van der Waals surface area (Å²) < 4.78 is 5.51. The number of nitrogens with one attached hydrogen (secondary N) is 2. The van der Waals surface area contributed by atoms with E-state index >= 15 is 0 Å². The molecule has 7 heteroatoms. The minimum absolute atomic E-state index is 0.0437. The molecule has 2 heterocycles. The van der Waals surface area contributed by atoms with Crippen LogP contribution in [0.1, 0.15) is 59.6 Å². The van der Waals surface area contributed by atoms with E-state index in [1.165, 1.54) is 5.56 Å². The number of amides is 2. The van der Waals surface area contributed by atoms with Crippen molar-refractivity contribution in [3.8, 4) is 0 Å². The van der Waals surface area contributed by atoms with Gasteiger partial charge in [0.1, 0.15) is 0 Å². The standard InChI is InChI=1S/C28H36N4O3/c1-35-17-25-21-14-15-32(26(21)20-6-2-4-8-23(20)30-25)28(34)22-7-3-5-9-24(22)31-27(33)19-12-10-18(16-29)11-13-19/h2,4,6,8,10-13,21-22,24-26,30H,3,5,7,9,14-17,29H2,1H3,(H,31,33)/t21-,22-,24+,25-,26-/m0/s1. The average Bonchev–Trinajstić information content (AvgIpc) is 3.35. The van der Waals surface area contributed by atoms with Gasteiger partial charge in [0.2, 0.25) is 5.91 Å². The first-order valence-electron chi connectivity index (χ1n) is 12.9. The van der Waals surface area contributed by atoms with Crippen molar-refractivity contribution in [1.82, 2.24) is 10.2 Å². The maximum Gasteiger partial charge on any atom is 0.251 e. The monoisotopic (exact) mass is 476 g/mol. The second-order valence-corrected chi connectivity index (χ2v) is 10.1. The van der Waals surface area contributed by atoms with Crippen LogP contribution >= 0.6 is 0 Å². The highest BCUT2D eigenvalue weighted by Crippen LogP contribution is 2.47. The lowest BCUT2D eigenvalue weighted by Crippen LogP contribution is -2.50. The van der Waals surface area contributed by atoms with Crippen LogP contribution in [0.3, 0.4) is 0 Å². The third kappa shape index (κ3) is 4.67. The van der Waals surface area contributed by atoms with Crippen molar-refractivity contribution >= 4 is 17.5 Å². The smallest absolute Gasteiger partial charge is 0.251 e. The molecule has 2 amide bonds. The number of ether oxygens (including phenoxy) is 1. The van der Waals surface area contributed by atoms with Gasteiger partial charge in [0, 0.05) is 43.4 Å². The summed E-state index contributed by atoms with van der Waals surface area (Å²) in [6.07, 6.45) is 4.62. The van der Waals surface area contributed by atoms with Gasteiger partial charge in [0.25, 0.3) is 5.91 Å². The molecule has 0 aromatic heterocycles. The molecule has 1 aliphatic carbocycles. The van der Waals surface area contributed by atoms with Crippen LogP contribution in [0.2, 0.25) is 0 Å². The molecule has 35 heavy (non-hydrogen) atoms. The summed E-state index contributed by atoms with van der Waals surface area (Å²) in [5.41, 5.74) is 9.56. The summed E-state index contributed by atoms with van der Waals surface area (Å²) in [7, 11) is 1.73. The van der Waals surface area contributed by atoms with Crippen molar-refractivity contribution in [2.24, 2.45) is 17.6 Å². The topological polar surface area (TPSA) is 96.7 Å². The summed E-state index contributed by atoms with van der Waals surface area (Å²) in [5, 5.41) is 6.84. The summed E-state index contributed by atoms with van der Waals surface area (Å²) in [6, 6.07) is 15.8. The third-order valence-electron chi connectivity index (χ3n) is 8.06. The molecule has 2 aliphatic heterocycles. The Morgan fingerprint density at radius 3 is 2.63 bits per heavy atom. The number of methoxy groups -OCH3 is 1. The van der Waals surface area contributed by atoms with Crippen molar-refractivity contribution < 1.29 is 14.3 Å². The molecule has 0 radical (unpaired) electrons. The molecule has 1 saturated heterocycles. The number of para-hydroxylation sites is 1. The second kappa shape index (κ2) is 10.4. The average molecular weight is 477 g/mol. The number of likely N-dealkylation sites (tertiary alicyclic amines) is 1. The Labute approximate surface area is 207 Å². The van der Waals surface area contributed by atoms with Gasteiger partial charge < -0.3 is 26.0 Å². The highest BCUT2D eigenvalue weighted by Gasteiger charge is 2.48. The highest BCUT2D eigenvalue weighted by atomic mass is 16.5. The van der Waals surface area contributed by atoms with Crippen LogP contribution in [0.4, 0.5) is 5.69 Å². The molecule has 4 N–H and O–H groups in total. The van der Waals surface area contributed by atoms with Crippen molar-refractivity contribution in [1.29, 1.82) is 0 Å². The lowest BCUT2D eigenvalue weighted by Gasteiger charge is -2.41. The largest absolute Gasteiger partial charge is 0.383 e. The fourth-order valence-electron chi connectivity index (χ4n) is 6.28. The summed E-state index contributed by atoms with van der Waals surface area (Å²) >= 11 is 0. The maximum absolute atomic E-state index is 14.1. The van der Waals surface area contributed by atoms with Crippen LogP contribution in [-0.4, -0.2) is 49.1 Å². The van der Waals surface area contributed by atoms with Gasteiger partial charge in [-0.15, -0.1) is 0 Å².